The number of amides is 3. The summed E-state index contributed by atoms with van der Waals surface area (Å²) < 4.78 is 33.1. The van der Waals surface area contributed by atoms with Crippen LogP contribution >= 0.6 is 0 Å². The number of ether oxygens (including phenoxy) is 6. The van der Waals surface area contributed by atoms with Crippen molar-refractivity contribution in [2.75, 3.05) is 36.8 Å². The molecule has 13 nitrogen and oxygen atoms in total. The van der Waals surface area contributed by atoms with Gasteiger partial charge in [-0.3, -0.25) is 16.0 Å². The highest BCUT2D eigenvalue weighted by Crippen LogP contribution is 2.30. The third-order valence-corrected chi connectivity index (χ3v) is 6.11. The van der Waals surface area contributed by atoms with Gasteiger partial charge in [0.05, 0.1) is 13.7 Å². The molecule has 0 radical (unpaired) electrons. The van der Waals surface area contributed by atoms with E-state index in [1.54, 1.807) is 84.9 Å². The number of anilines is 3. The Hall–Kier alpha value is -4.85. The lowest BCUT2D eigenvalue weighted by atomic mass is 9.98. The molecule has 0 unspecified atom stereocenters. The van der Waals surface area contributed by atoms with Crippen LogP contribution < -0.4 is 20.7 Å². The standard InChI is InChI=1S/C29H31N3O10/c1-37-21-15-13-20(14-16-21)32-27(34)40-23-22(17-33)39-26(38-2)25(42-29(36)31-19-11-7-4-8-12-19)24(23)41-28(35)30-18-9-5-3-6-10-18/h3-16,22-26,33H,17H2,1-2H3,(H,30,35)(H,31,36)(H,32,34)/t22-,23-,24+,25+,26+/m1/s1. The molecule has 3 aromatic rings. The van der Waals surface area contributed by atoms with Gasteiger partial charge in [-0.05, 0) is 48.5 Å². The maximum atomic E-state index is 13.0. The van der Waals surface area contributed by atoms with Gasteiger partial charge in [0.15, 0.2) is 24.6 Å². The van der Waals surface area contributed by atoms with E-state index in [1.807, 2.05) is 0 Å². The first kappa shape index (κ1) is 30.1. The predicted octanol–water partition coefficient (Wildman–Crippen LogP) is 4.21. The van der Waals surface area contributed by atoms with Crippen molar-refractivity contribution < 1.29 is 47.9 Å². The fraction of sp³-hybridized carbons (Fsp3) is 0.276. The van der Waals surface area contributed by atoms with Crippen LogP contribution in [0.25, 0.3) is 0 Å². The molecule has 3 amide bonds. The smallest absolute Gasteiger partial charge is 0.412 e. The van der Waals surface area contributed by atoms with Crippen LogP contribution in [0.15, 0.2) is 84.9 Å². The summed E-state index contributed by atoms with van der Waals surface area (Å²) in [5, 5.41) is 17.8. The second-order valence-corrected chi connectivity index (χ2v) is 8.91. The Morgan fingerprint density at radius 2 is 1.12 bits per heavy atom. The average molecular weight is 582 g/mol. The molecular weight excluding hydrogens is 550 g/mol. The van der Waals surface area contributed by atoms with Gasteiger partial charge in [0.25, 0.3) is 0 Å². The van der Waals surface area contributed by atoms with Gasteiger partial charge in [0.2, 0.25) is 0 Å². The normalized spacial score (nSPS) is 21.4. The topological polar surface area (TPSA) is 163 Å². The summed E-state index contributed by atoms with van der Waals surface area (Å²) in [5.41, 5.74) is 1.24. The molecule has 0 aliphatic carbocycles. The van der Waals surface area contributed by atoms with E-state index in [0.717, 1.165) is 0 Å². The first-order chi connectivity index (χ1) is 20.4. The number of carbonyl (C=O) groups is 3. The van der Waals surface area contributed by atoms with Crippen molar-refractivity contribution in [1.29, 1.82) is 0 Å². The Balaban J connectivity index is 1.58. The molecule has 5 atom stereocenters. The SMILES string of the molecule is COc1ccc(NC(=O)O[C@H]2[C@H](OC(=O)Nc3ccccc3)[C@H](OC(=O)Nc3ccccc3)[C@@H](OC)O[C@@H]2CO)cc1. The summed E-state index contributed by atoms with van der Waals surface area (Å²) in [6, 6.07) is 23.4. The van der Waals surface area contributed by atoms with E-state index in [2.05, 4.69) is 16.0 Å². The number of para-hydroxylation sites is 2. The number of aliphatic hydroxyl groups is 1. The van der Waals surface area contributed by atoms with Crippen LogP contribution in [0.4, 0.5) is 31.4 Å². The monoisotopic (exact) mass is 581 g/mol. The molecule has 222 valence electrons. The number of hydrogen-bond donors (Lipinski definition) is 4. The number of nitrogens with one attached hydrogen (secondary N) is 3. The second kappa shape index (κ2) is 14.7. The highest BCUT2D eigenvalue weighted by molar-refractivity contribution is 5.86. The Kier molecular flexibility index (Phi) is 10.5. The minimum absolute atomic E-state index is 0.377. The van der Waals surface area contributed by atoms with Gasteiger partial charge in [0.1, 0.15) is 11.9 Å². The number of methoxy groups -OCH3 is 2. The van der Waals surface area contributed by atoms with E-state index in [0.29, 0.717) is 22.8 Å². The number of aliphatic hydroxyl groups excluding tert-OH is 1. The number of carbonyl (C=O) groups excluding carboxylic acids is 3. The molecule has 0 aromatic heterocycles. The van der Waals surface area contributed by atoms with Gasteiger partial charge in [-0.15, -0.1) is 0 Å². The fourth-order valence-electron chi connectivity index (χ4n) is 4.15. The highest BCUT2D eigenvalue weighted by Gasteiger charge is 2.52. The van der Waals surface area contributed by atoms with E-state index in [-0.39, 0.29) is 0 Å². The van der Waals surface area contributed by atoms with Gasteiger partial charge in [-0.1, -0.05) is 36.4 Å². The van der Waals surface area contributed by atoms with Crippen molar-refractivity contribution in [3.63, 3.8) is 0 Å². The van der Waals surface area contributed by atoms with E-state index < -0.39 is 55.6 Å². The van der Waals surface area contributed by atoms with E-state index in [9.17, 15) is 19.5 Å². The molecule has 13 heteroatoms. The Bertz CT molecular complexity index is 1310. The van der Waals surface area contributed by atoms with E-state index in [1.165, 1.54) is 14.2 Å². The number of benzene rings is 3. The van der Waals surface area contributed by atoms with Crippen molar-refractivity contribution in [3.05, 3.63) is 84.9 Å². The van der Waals surface area contributed by atoms with Gasteiger partial charge in [-0.25, -0.2) is 14.4 Å². The molecule has 42 heavy (non-hydrogen) atoms. The van der Waals surface area contributed by atoms with Gasteiger partial charge in [0, 0.05) is 24.2 Å². The quantitative estimate of drug-likeness (QED) is 0.269. The fourth-order valence-corrected chi connectivity index (χ4v) is 4.15. The highest BCUT2D eigenvalue weighted by atomic mass is 16.7. The van der Waals surface area contributed by atoms with Crippen LogP contribution in [0.2, 0.25) is 0 Å². The Labute approximate surface area is 241 Å². The zero-order valence-electron chi connectivity index (χ0n) is 22.8. The molecule has 0 spiro atoms. The Morgan fingerprint density at radius 1 is 0.667 bits per heavy atom. The van der Waals surface area contributed by atoms with Crippen molar-refractivity contribution in [2.24, 2.45) is 0 Å². The zero-order valence-corrected chi connectivity index (χ0v) is 22.8. The molecule has 1 saturated heterocycles. The summed E-state index contributed by atoms with van der Waals surface area (Å²) in [7, 11) is 2.79. The summed E-state index contributed by atoms with van der Waals surface area (Å²) >= 11 is 0. The maximum absolute atomic E-state index is 13.0. The molecule has 1 aliphatic rings. The molecular formula is C29H31N3O10. The summed E-state index contributed by atoms with van der Waals surface area (Å²) in [4.78, 5) is 38.8. The largest absolute Gasteiger partial charge is 0.497 e. The summed E-state index contributed by atoms with van der Waals surface area (Å²) in [6.45, 7) is -0.649. The van der Waals surface area contributed by atoms with Crippen molar-refractivity contribution >= 4 is 35.3 Å². The first-order valence-corrected chi connectivity index (χ1v) is 12.9. The molecule has 4 rings (SSSR count). The van der Waals surface area contributed by atoms with E-state index >= 15 is 0 Å². The second-order valence-electron chi connectivity index (χ2n) is 8.91. The van der Waals surface area contributed by atoms with Gasteiger partial charge >= 0.3 is 18.3 Å². The molecule has 1 heterocycles. The lowest BCUT2D eigenvalue weighted by molar-refractivity contribution is -0.290. The van der Waals surface area contributed by atoms with E-state index in [4.69, 9.17) is 28.4 Å². The van der Waals surface area contributed by atoms with Crippen LogP contribution in [-0.4, -0.2) is 74.9 Å². The molecule has 0 saturated carbocycles. The molecule has 1 fully saturated rings. The maximum Gasteiger partial charge on any atom is 0.412 e. The third-order valence-electron chi connectivity index (χ3n) is 6.11. The molecule has 3 aromatic carbocycles. The van der Waals surface area contributed by atoms with Crippen molar-refractivity contribution in [1.82, 2.24) is 0 Å². The predicted molar refractivity (Wildman–Crippen MR) is 150 cm³/mol. The minimum Gasteiger partial charge on any atom is -0.497 e. The molecule has 1 aliphatic heterocycles. The zero-order chi connectivity index (χ0) is 29.9. The molecule has 4 N–H and O–H groups in total. The van der Waals surface area contributed by atoms with Crippen molar-refractivity contribution in [3.8, 4) is 5.75 Å². The van der Waals surface area contributed by atoms with Crippen LogP contribution in [0.1, 0.15) is 0 Å². The minimum atomic E-state index is -1.48. The van der Waals surface area contributed by atoms with Crippen LogP contribution in [0, 0.1) is 0 Å². The number of hydrogen-bond acceptors (Lipinski definition) is 10. The third kappa shape index (κ3) is 8.10. The van der Waals surface area contributed by atoms with Crippen LogP contribution in [-0.2, 0) is 23.7 Å². The summed E-state index contributed by atoms with van der Waals surface area (Å²) in [5.74, 6) is 0.576. The van der Waals surface area contributed by atoms with Gasteiger partial charge < -0.3 is 33.5 Å². The Morgan fingerprint density at radius 3 is 1.57 bits per heavy atom. The lowest BCUT2D eigenvalue weighted by Gasteiger charge is -2.43. The molecule has 0 bridgehead atoms. The first-order valence-electron chi connectivity index (χ1n) is 12.9. The summed E-state index contributed by atoms with van der Waals surface area (Å²) in [6.07, 6.45) is -9.68. The van der Waals surface area contributed by atoms with Crippen LogP contribution in [0.3, 0.4) is 0 Å². The lowest BCUT2D eigenvalue weighted by Crippen LogP contribution is -2.63. The average Bonchev–Trinajstić information content (AvgIpc) is 3.00. The van der Waals surface area contributed by atoms with Crippen LogP contribution in [0.5, 0.6) is 5.75 Å². The van der Waals surface area contributed by atoms with Gasteiger partial charge in [-0.2, -0.15) is 0 Å². The van der Waals surface area contributed by atoms with Crippen molar-refractivity contribution in [2.45, 2.75) is 30.7 Å². The number of rotatable bonds is 9.